The van der Waals surface area contributed by atoms with Crippen LogP contribution in [0.5, 0.6) is 11.5 Å². The van der Waals surface area contributed by atoms with Crippen LogP contribution < -0.4 is 0 Å². The Balaban J connectivity index is 1.70. The zero-order valence-corrected chi connectivity index (χ0v) is 22.9. The summed E-state index contributed by atoms with van der Waals surface area (Å²) < 4.78 is 22.0. The molecule has 2 aromatic rings. The fraction of sp³-hybridized carbons (Fsp3) is 0.400. The smallest absolute Gasteiger partial charge is 0.261 e. The van der Waals surface area contributed by atoms with Crippen molar-refractivity contribution in [2.24, 2.45) is 0 Å². The van der Waals surface area contributed by atoms with Gasteiger partial charge in [-0.25, -0.2) is 0 Å². The third-order valence-corrected chi connectivity index (χ3v) is 6.53. The van der Waals surface area contributed by atoms with Crippen LogP contribution in [-0.4, -0.2) is 97.8 Å². The first-order valence-electron chi connectivity index (χ1n) is 13.5. The number of ether oxygens (including phenoxy) is 4. The predicted octanol–water partition coefficient (Wildman–Crippen LogP) is 3.01. The lowest BCUT2D eigenvalue weighted by Crippen LogP contribution is -2.33. The van der Waals surface area contributed by atoms with Gasteiger partial charge < -0.3 is 39.0 Å². The standard InChI is InChI=1S/C30H36N2O8/c1-3-37-17-19-39-15-13-31-27(21-5-9-23(33)10-6-21)25-26(29(31)35)28(22-7-11-24(34)12-8-22)32(30(25)36)14-16-40-20-18-38-4-2/h5-12,33-34H,3-4,13-20H2,1-2H3. The normalized spacial score (nSPS) is 15.2. The number of phenolic OH excluding ortho intramolecular Hbond substituents is 2. The van der Waals surface area contributed by atoms with E-state index in [0.717, 1.165) is 0 Å². The molecule has 0 spiro atoms. The van der Waals surface area contributed by atoms with E-state index in [1.165, 1.54) is 24.3 Å². The van der Waals surface area contributed by atoms with Crippen molar-refractivity contribution in [1.82, 2.24) is 9.80 Å². The lowest BCUT2D eigenvalue weighted by atomic mass is 10.0. The third-order valence-electron chi connectivity index (χ3n) is 6.53. The number of hydrogen-bond donors (Lipinski definition) is 2. The topological polar surface area (TPSA) is 118 Å². The number of carbonyl (C=O) groups excluding carboxylic acids is 2. The number of phenols is 2. The Morgan fingerprint density at radius 3 is 1.25 bits per heavy atom. The van der Waals surface area contributed by atoms with Gasteiger partial charge in [-0.2, -0.15) is 0 Å². The van der Waals surface area contributed by atoms with Crippen LogP contribution in [0.4, 0.5) is 0 Å². The van der Waals surface area contributed by atoms with E-state index >= 15 is 0 Å². The Morgan fingerprint density at radius 2 is 0.900 bits per heavy atom. The molecule has 2 aliphatic rings. The van der Waals surface area contributed by atoms with Gasteiger partial charge in [-0.3, -0.25) is 9.59 Å². The second-order valence-electron chi connectivity index (χ2n) is 9.07. The molecule has 2 aliphatic heterocycles. The maximum atomic E-state index is 14.0. The largest absolute Gasteiger partial charge is 0.508 e. The first-order valence-corrected chi connectivity index (χ1v) is 13.5. The number of amides is 2. The van der Waals surface area contributed by atoms with Crippen molar-refractivity contribution in [2.75, 3.05) is 65.9 Å². The number of fused-ring (bicyclic) bond motifs is 1. The molecule has 0 aromatic heterocycles. The van der Waals surface area contributed by atoms with Crippen LogP contribution >= 0.6 is 0 Å². The molecule has 2 heterocycles. The molecule has 0 bridgehead atoms. The molecule has 10 heteroatoms. The zero-order valence-electron chi connectivity index (χ0n) is 22.9. The van der Waals surface area contributed by atoms with Gasteiger partial charge in [0.1, 0.15) is 11.5 Å². The minimum absolute atomic E-state index is 0.0774. The van der Waals surface area contributed by atoms with E-state index in [9.17, 15) is 19.8 Å². The number of hydrogen-bond acceptors (Lipinski definition) is 8. The van der Waals surface area contributed by atoms with Crippen molar-refractivity contribution in [2.45, 2.75) is 13.8 Å². The van der Waals surface area contributed by atoms with Crippen molar-refractivity contribution in [3.05, 3.63) is 70.8 Å². The van der Waals surface area contributed by atoms with E-state index in [0.29, 0.717) is 73.3 Å². The summed E-state index contributed by atoms with van der Waals surface area (Å²) in [5.74, 6) is -0.479. The molecule has 2 amide bonds. The van der Waals surface area contributed by atoms with Gasteiger partial charge in [0.05, 0.1) is 62.2 Å². The second kappa shape index (κ2) is 14.1. The van der Waals surface area contributed by atoms with Crippen molar-refractivity contribution >= 4 is 23.2 Å². The molecular weight excluding hydrogens is 516 g/mol. The fourth-order valence-electron chi connectivity index (χ4n) is 4.70. The Bertz CT molecular complexity index is 1140. The summed E-state index contributed by atoms with van der Waals surface area (Å²) in [5.41, 5.74) is 2.77. The van der Waals surface area contributed by atoms with Crippen molar-refractivity contribution in [1.29, 1.82) is 0 Å². The van der Waals surface area contributed by atoms with Gasteiger partial charge in [-0.15, -0.1) is 0 Å². The SMILES string of the molecule is CCOCCOCCN1C(=O)C2=C(c3ccc(O)cc3)N(CCOCCOCC)C(=O)C2=C1c1ccc(O)cc1. The second-order valence-corrected chi connectivity index (χ2v) is 9.07. The molecule has 2 aromatic carbocycles. The van der Waals surface area contributed by atoms with E-state index in [2.05, 4.69) is 0 Å². The van der Waals surface area contributed by atoms with E-state index in [1.54, 1.807) is 34.1 Å². The van der Waals surface area contributed by atoms with Crippen molar-refractivity contribution in [3.63, 3.8) is 0 Å². The van der Waals surface area contributed by atoms with Crippen LogP contribution in [0, 0.1) is 0 Å². The molecule has 40 heavy (non-hydrogen) atoms. The molecule has 4 rings (SSSR count). The number of aromatic hydroxyl groups is 2. The number of benzene rings is 2. The highest BCUT2D eigenvalue weighted by atomic mass is 16.5. The Hall–Kier alpha value is -3.70. The molecule has 0 saturated heterocycles. The summed E-state index contributed by atoms with van der Waals surface area (Å²) in [4.78, 5) is 31.2. The average Bonchev–Trinajstić information content (AvgIpc) is 3.40. The van der Waals surface area contributed by atoms with Gasteiger partial charge in [-0.05, 0) is 73.5 Å². The summed E-state index contributed by atoms with van der Waals surface area (Å²) in [7, 11) is 0. The molecule has 10 nitrogen and oxygen atoms in total. The highest BCUT2D eigenvalue weighted by Crippen LogP contribution is 2.46. The minimum Gasteiger partial charge on any atom is -0.508 e. The summed E-state index contributed by atoms with van der Waals surface area (Å²) in [5, 5.41) is 19.7. The fourth-order valence-corrected chi connectivity index (χ4v) is 4.70. The summed E-state index contributed by atoms with van der Waals surface area (Å²) in [6.07, 6.45) is 0. The lowest BCUT2D eigenvalue weighted by molar-refractivity contribution is -0.124. The quantitative estimate of drug-likeness (QED) is 0.305. The summed E-state index contributed by atoms with van der Waals surface area (Å²) >= 11 is 0. The highest BCUT2D eigenvalue weighted by molar-refractivity contribution is 6.30. The number of nitrogens with zero attached hydrogens (tertiary/aromatic N) is 2. The molecule has 0 saturated carbocycles. The number of carbonyl (C=O) groups is 2. The Labute approximate surface area is 234 Å². The minimum atomic E-state index is -0.317. The monoisotopic (exact) mass is 552 g/mol. The van der Waals surface area contributed by atoms with Crippen LogP contribution in [0.25, 0.3) is 11.4 Å². The Kier molecular flexibility index (Phi) is 10.3. The highest BCUT2D eigenvalue weighted by Gasteiger charge is 2.48. The van der Waals surface area contributed by atoms with Crippen LogP contribution in [0.2, 0.25) is 0 Å². The maximum Gasteiger partial charge on any atom is 0.261 e. The number of rotatable bonds is 16. The van der Waals surface area contributed by atoms with Gasteiger partial charge in [0.25, 0.3) is 11.8 Å². The van der Waals surface area contributed by atoms with Gasteiger partial charge in [0.2, 0.25) is 0 Å². The first kappa shape index (κ1) is 29.3. The molecule has 0 fully saturated rings. The van der Waals surface area contributed by atoms with E-state index in [-0.39, 0.29) is 49.6 Å². The first-order chi connectivity index (χ1) is 19.5. The maximum absolute atomic E-state index is 14.0. The predicted molar refractivity (Wildman–Crippen MR) is 148 cm³/mol. The zero-order chi connectivity index (χ0) is 28.5. The van der Waals surface area contributed by atoms with E-state index < -0.39 is 0 Å². The Morgan fingerprint density at radius 1 is 0.550 bits per heavy atom. The van der Waals surface area contributed by atoms with E-state index in [1.807, 2.05) is 13.8 Å². The third kappa shape index (κ3) is 6.53. The van der Waals surface area contributed by atoms with Crippen molar-refractivity contribution < 1.29 is 38.7 Å². The molecular formula is C30H36N2O8. The van der Waals surface area contributed by atoms with Crippen molar-refractivity contribution in [3.8, 4) is 11.5 Å². The molecule has 0 radical (unpaired) electrons. The van der Waals surface area contributed by atoms with Gasteiger partial charge in [-0.1, -0.05) is 0 Å². The van der Waals surface area contributed by atoms with Gasteiger partial charge in [0.15, 0.2) is 0 Å². The van der Waals surface area contributed by atoms with Crippen LogP contribution in [-0.2, 0) is 28.5 Å². The van der Waals surface area contributed by atoms with E-state index in [4.69, 9.17) is 18.9 Å². The summed E-state index contributed by atoms with van der Waals surface area (Å²) in [6.45, 7) is 7.63. The van der Waals surface area contributed by atoms with Crippen LogP contribution in [0.3, 0.4) is 0 Å². The van der Waals surface area contributed by atoms with Crippen LogP contribution in [0.15, 0.2) is 59.7 Å². The average molecular weight is 553 g/mol. The van der Waals surface area contributed by atoms with Gasteiger partial charge >= 0.3 is 0 Å². The molecule has 0 unspecified atom stereocenters. The molecule has 0 atom stereocenters. The molecule has 214 valence electrons. The van der Waals surface area contributed by atoms with Gasteiger partial charge in [0, 0.05) is 26.3 Å². The van der Waals surface area contributed by atoms with Crippen LogP contribution in [0.1, 0.15) is 25.0 Å². The molecule has 0 aliphatic carbocycles. The summed E-state index contributed by atoms with van der Waals surface area (Å²) in [6, 6.07) is 12.8. The molecule has 2 N–H and O–H groups in total. The lowest BCUT2D eigenvalue weighted by Gasteiger charge is -2.25.